The van der Waals surface area contributed by atoms with E-state index in [0.29, 0.717) is 22.4 Å². The molecule has 0 amide bonds. The molecule has 0 bridgehead atoms. The zero-order valence-corrected chi connectivity index (χ0v) is 16.1. The molecule has 9 heteroatoms. The number of aromatic nitrogens is 3. The van der Waals surface area contributed by atoms with E-state index in [9.17, 15) is 23.9 Å². The molecule has 3 aromatic rings. The summed E-state index contributed by atoms with van der Waals surface area (Å²) < 4.78 is 27.1. The van der Waals surface area contributed by atoms with Crippen LogP contribution in [0.25, 0.3) is 10.9 Å². The van der Waals surface area contributed by atoms with Crippen LogP contribution in [-0.4, -0.2) is 26.3 Å². The van der Waals surface area contributed by atoms with Crippen molar-refractivity contribution in [3.63, 3.8) is 0 Å². The topological polar surface area (TPSA) is 107 Å². The number of fused-ring (bicyclic) bond motifs is 1. The summed E-state index contributed by atoms with van der Waals surface area (Å²) in [5.41, 5.74) is 0.965. The van der Waals surface area contributed by atoms with Gasteiger partial charge in [0.1, 0.15) is 11.5 Å². The van der Waals surface area contributed by atoms with Crippen molar-refractivity contribution < 1.29 is 13.9 Å². The van der Waals surface area contributed by atoms with Gasteiger partial charge in [0.25, 0.3) is 12.0 Å². The van der Waals surface area contributed by atoms with Crippen LogP contribution < -0.4 is 10.9 Å². The van der Waals surface area contributed by atoms with Crippen molar-refractivity contribution in [1.29, 1.82) is 5.26 Å². The molecule has 1 aliphatic carbocycles. The minimum absolute atomic E-state index is 0.0999. The quantitative estimate of drug-likeness (QED) is 0.586. The van der Waals surface area contributed by atoms with Crippen molar-refractivity contribution >= 4 is 22.4 Å². The Balaban J connectivity index is 1.71. The molecule has 3 N–H and O–H groups in total. The van der Waals surface area contributed by atoms with Gasteiger partial charge in [-0.3, -0.25) is 9.48 Å². The Morgan fingerprint density at radius 3 is 2.67 bits per heavy atom. The van der Waals surface area contributed by atoms with Crippen LogP contribution in [0.3, 0.4) is 0 Å². The van der Waals surface area contributed by atoms with E-state index < -0.39 is 12.5 Å². The third-order valence-electron chi connectivity index (χ3n) is 5.59. The van der Waals surface area contributed by atoms with E-state index in [0.717, 1.165) is 25.7 Å². The van der Waals surface area contributed by atoms with Crippen molar-refractivity contribution in [2.75, 3.05) is 5.32 Å². The van der Waals surface area contributed by atoms with Gasteiger partial charge in [0.15, 0.2) is 5.82 Å². The number of halogens is 2. The molecule has 4 rings (SSSR count). The molecule has 0 radical (unpaired) electrons. The number of hydrogen-bond acceptors (Lipinski definition) is 5. The number of aliphatic hydroxyl groups excluding tert-OH is 1. The van der Waals surface area contributed by atoms with Gasteiger partial charge in [-0.15, -0.1) is 0 Å². The van der Waals surface area contributed by atoms with E-state index >= 15 is 0 Å². The summed E-state index contributed by atoms with van der Waals surface area (Å²) in [6.45, 7) is 0. The molecule has 7 nitrogen and oxygen atoms in total. The molecule has 0 spiro atoms. The minimum Gasteiger partial charge on any atom is -0.382 e. The number of nitriles is 1. The highest BCUT2D eigenvalue weighted by atomic mass is 19.3. The third-order valence-corrected chi connectivity index (χ3v) is 5.59. The number of H-pyrrole nitrogens is 1. The lowest BCUT2D eigenvalue weighted by molar-refractivity contribution is -0.00577. The van der Waals surface area contributed by atoms with Crippen LogP contribution in [-0.2, 0) is 0 Å². The Kier molecular flexibility index (Phi) is 5.50. The number of aromatic amines is 1. The second kappa shape index (κ2) is 8.24. The fourth-order valence-electron chi connectivity index (χ4n) is 4.04. The average Bonchev–Trinajstić information content (AvgIpc) is 3.13. The molecule has 3 unspecified atom stereocenters. The van der Waals surface area contributed by atoms with Gasteiger partial charge in [-0.1, -0.05) is 25.0 Å². The Morgan fingerprint density at radius 2 is 1.97 bits per heavy atom. The van der Waals surface area contributed by atoms with Gasteiger partial charge >= 0.3 is 0 Å². The van der Waals surface area contributed by atoms with Gasteiger partial charge in [0, 0.05) is 11.9 Å². The molecule has 1 aliphatic rings. The largest absolute Gasteiger partial charge is 0.382 e. The predicted molar refractivity (Wildman–Crippen MR) is 108 cm³/mol. The maximum absolute atomic E-state index is 12.7. The van der Waals surface area contributed by atoms with Gasteiger partial charge in [0.2, 0.25) is 0 Å². The molecule has 2 aromatic heterocycles. The maximum Gasteiger partial charge on any atom is 0.268 e. The van der Waals surface area contributed by atoms with Crippen molar-refractivity contribution in [2.24, 2.45) is 5.92 Å². The molecular formula is C21H21F2N5O2. The molecule has 1 aromatic carbocycles. The smallest absolute Gasteiger partial charge is 0.268 e. The van der Waals surface area contributed by atoms with Crippen LogP contribution in [0.5, 0.6) is 0 Å². The lowest BCUT2D eigenvalue weighted by atomic mass is 9.85. The molecule has 156 valence electrons. The highest BCUT2D eigenvalue weighted by Crippen LogP contribution is 2.36. The van der Waals surface area contributed by atoms with Crippen molar-refractivity contribution in [3.05, 3.63) is 52.4 Å². The Hall–Kier alpha value is -3.25. The van der Waals surface area contributed by atoms with E-state index in [1.54, 1.807) is 29.1 Å². The fraction of sp³-hybridized carbons (Fsp3) is 0.381. The monoisotopic (exact) mass is 413 g/mol. The summed E-state index contributed by atoms with van der Waals surface area (Å²) in [5.74, 6) is 0.153. The maximum atomic E-state index is 12.7. The Morgan fingerprint density at radius 1 is 1.23 bits per heavy atom. The predicted octanol–water partition coefficient (Wildman–Crippen LogP) is 4.02. The number of anilines is 2. The number of benzene rings is 1. The van der Waals surface area contributed by atoms with Crippen LogP contribution >= 0.6 is 0 Å². The third kappa shape index (κ3) is 3.66. The number of rotatable bonds is 5. The first-order valence-corrected chi connectivity index (χ1v) is 9.82. The molecule has 1 fully saturated rings. The van der Waals surface area contributed by atoms with Gasteiger partial charge in [0.05, 0.1) is 23.5 Å². The molecular weight excluding hydrogens is 392 g/mol. The number of pyridine rings is 1. The normalized spacial score (nSPS) is 20.2. The Bertz CT molecular complexity index is 1130. The van der Waals surface area contributed by atoms with E-state index in [4.69, 9.17) is 0 Å². The SMILES string of the molecule is N#CC1CCCCC1n1nc(Nc2ccc(C(O)C(F)F)cc2)c2c(=O)[nH]ccc21. The fourth-order valence-corrected chi connectivity index (χ4v) is 4.04. The van der Waals surface area contributed by atoms with E-state index in [1.807, 2.05) is 0 Å². The number of nitrogens with one attached hydrogen (secondary N) is 2. The molecule has 1 saturated carbocycles. The summed E-state index contributed by atoms with van der Waals surface area (Å²) >= 11 is 0. The molecule has 30 heavy (non-hydrogen) atoms. The second-order valence-corrected chi connectivity index (χ2v) is 7.47. The van der Waals surface area contributed by atoms with Crippen molar-refractivity contribution in [3.8, 4) is 6.07 Å². The number of nitrogens with zero attached hydrogens (tertiary/aromatic N) is 3. The minimum atomic E-state index is -2.87. The zero-order chi connectivity index (χ0) is 21.3. The van der Waals surface area contributed by atoms with Crippen LogP contribution in [0.1, 0.15) is 43.4 Å². The van der Waals surface area contributed by atoms with Crippen LogP contribution in [0, 0.1) is 17.2 Å². The summed E-state index contributed by atoms with van der Waals surface area (Å²) in [7, 11) is 0. The number of alkyl halides is 2. The van der Waals surface area contributed by atoms with E-state index in [2.05, 4.69) is 21.5 Å². The highest BCUT2D eigenvalue weighted by molar-refractivity contribution is 5.91. The van der Waals surface area contributed by atoms with Gasteiger partial charge in [-0.2, -0.15) is 10.4 Å². The summed E-state index contributed by atoms with van der Waals surface area (Å²) in [5, 5.41) is 27.1. The number of hydrogen-bond donors (Lipinski definition) is 3. The zero-order valence-electron chi connectivity index (χ0n) is 16.1. The summed E-state index contributed by atoms with van der Waals surface area (Å²) in [4.78, 5) is 15.2. The summed E-state index contributed by atoms with van der Waals surface area (Å²) in [6, 6.07) is 9.89. The van der Waals surface area contributed by atoms with E-state index in [-0.39, 0.29) is 23.1 Å². The second-order valence-electron chi connectivity index (χ2n) is 7.47. The molecule has 0 saturated heterocycles. The van der Waals surface area contributed by atoms with Gasteiger partial charge < -0.3 is 15.4 Å². The number of aliphatic hydroxyl groups is 1. The van der Waals surface area contributed by atoms with Crippen LogP contribution in [0.2, 0.25) is 0 Å². The van der Waals surface area contributed by atoms with Crippen molar-refractivity contribution in [1.82, 2.24) is 14.8 Å². The van der Waals surface area contributed by atoms with E-state index in [1.165, 1.54) is 12.1 Å². The first kappa shape index (κ1) is 20.0. The highest BCUT2D eigenvalue weighted by Gasteiger charge is 2.29. The van der Waals surface area contributed by atoms with Gasteiger partial charge in [-0.25, -0.2) is 8.78 Å². The Labute approximate surface area is 171 Å². The first-order chi connectivity index (χ1) is 14.5. The lowest BCUT2D eigenvalue weighted by Crippen LogP contribution is -2.23. The average molecular weight is 413 g/mol. The van der Waals surface area contributed by atoms with Gasteiger partial charge in [-0.05, 0) is 36.6 Å². The summed E-state index contributed by atoms with van der Waals surface area (Å²) in [6.07, 6.45) is 0.420. The van der Waals surface area contributed by atoms with Crippen molar-refractivity contribution in [2.45, 2.75) is 44.3 Å². The first-order valence-electron chi connectivity index (χ1n) is 9.82. The lowest BCUT2D eigenvalue weighted by Gasteiger charge is -2.27. The molecule has 2 heterocycles. The molecule has 3 atom stereocenters. The van der Waals surface area contributed by atoms with Crippen LogP contribution in [0.15, 0.2) is 41.3 Å². The molecule has 0 aliphatic heterocycles. The standard InChI is InChI=1S/C21H21F2N5O2/c22-19(23)18(29)12-5-7-14(8-6-12)26-20-17-16(9-10-25-21(17)30)28(27-20)15-4-2-1-3-13(15)11-24/h5-10,13,15,18-19,29H,1-4H2,(H,25,30)(H,26,27). The van der Waals surface area contributed by atoms with Crippen LogP contribution in [0.4, 0.5) is 20.3 Å².